The van der Waals surface area contributed by atoms with Crippen LogP contribution in [0, 0.1) is 0 Å². The van der Waals surface area contributed by atoms with Crippen molar-refractivity contribution in [3.05, 3.63) is 109 Å². The van der Waals surface area contributed by atoms with Gasteiger partial charge in [-0.25, -0.2) is 0 Å². The molecule has 0 unspecified atom stereocenters. The van der Waals surface area contributed by atoms with Crippen LogP contribution in [-0.2, 0) is 9.59 Å². The molecule has 0 aliphatic heterocycles. The van der Waals surface area contributed by atoms with Crippen LogP contribution in [0.3, 0.4) is 0 Å². The molecule has 0 bridgehead atoms. The lowest BCUT2D eigenvalue weighted by molar-refractivity contribution is -0.118. The molecule has 40 heavy (non-hydrogen) atoms. The summed E-state index contributed by atoms with van der Waals surface area (Å²) in [5.41, 5.74) is 5.41. The zero-order chi connectivity index (χ0) is 28.2. The van der Waals surface area contributed by atoms with Gasteiger partial charge in [0, 0.05) is 47.2 Å². The first-order valence-corrected chi connectivity index (χ1v) is 13.2. The first kappa shape index (κ1) is 28.4. The third kappa shape index (κ3) is 9.58. The Kier molecular flexibility index (Phi) is 10.3. The van der Waals surface area contributed by atoms with Gasteiger partial charge in [0.05, 0.1) is 13.1 Å². The van der Waals surface area contributed by atoms with Gasteiger partial charge >= 0.3 is 0 Å². The Morgan fingerprint density at radius 2 is 0.775 bits per heavy atom. The molecule has 0 saturated carbocycles. The van der Waals surface area contributed by atoms with E-state index >= 15 is 0 Å². The first-order chi connectivity index (χ1) is 19.4. The standard InChI is InChI=1S/C32H36N6O2/c1-37(23-31(39)35-29-17-13-27(14-18-29)33-25-9-5-3-6-10-25)21-22-38(2)24-32(40)36-30-19-15-28(16-20-30)34-26-11-7-4-8-12-26/h3-20,33-34H,21-24H2,1-2H3,(H,35,39)(H,36,40). The molecule has 2 amide bonds. The van der Waals surface area contributed by atoms with Gasteiger partial charge in [-0.15, -0.1) is 0 Å². The van der Waals surface area contributed by atoms with Crippen molar-refractivity contribution in [3.8, 4) is 0 Å². The van der Waals surface area contributed by atoms with Crippen LogP contribution >= 0.6 is 0 Å². The number of hydrogen-bond donors (Lipinski definition) is 4. The number of carbonyl (C=O) groups is 2. The number of benzene rings is 4. The van der Waals surface area contributed by atoms with E-state index in [0.717, 1.165) is 34.1 Å². The Balaban J connectivity index is 1.13. The summed E-state index contributed by atoms with van der Waals surface area (Å²) in [4.78, 5) is 28.9. The lowest BCUT2D eigenvalue weighted by Gasteiger charge is -2.21. The van der Waals surface area contributed by atoms with E-state index in [1.807, 2.05) is 133 Å². The lowest BCUT2D eigenvalue weighted by atomic mass is 10.2. The number of carbonyl (C=O) groups excluding carboxylic acids is 2. The monoisotopic (exact) mass is 536 g/mol. The van der Waals surface area contributed by atoms with Gasteiger partial charge in [-0.2, -0.15) is 0 Å². The van der Waals surface area contributed by atoms with E-state index in [2.05, 4.69) is 21.3 Å². The van der Waals surface area contributed by atoms with Crippen molar-refractivity contribution in [2.45, 2.75) is 0 Å². The fraction of sp³-hybridized carbons (Fsp3) is 0.188. The molecule has 0 fully saturated rings. The lowest BCUT2D eigenvalue weighted by Crippen LogP contribution is -2.38. The van der Waals surface area contributed by atoms with Gasteiger partial charge in [0.25, 0.3) is 0 Å². The highest BCUT2D eigenvalue weighted by atomic mass is 16.2. The Hall–Kier alpha value is -4.66. The van der Waals surface area contributed by atoms with Crippen molar-refractivity contribution < 1.29 is 9.59 Å². The zero-order valence-corrected chi connectivity index (χ0v) is 22.9. The average molecular weight is 537 g/mol. The van der Waals surface area contributed by atoms with Crippen LogP contribution in [0.2, 0.25) is 0 Å². The molecule has 4 aromatic rings. The topological polar surface area (TPSA) is 88.7 Å². The number of likely N-dealkylation sites (N-methyl/N-ethyl adjacent to an activating group) is 2. The summed E-state index contributed by atoms with van der Waals surface area (Å²) in [7, 11) is 3.79. The molecule has 206 valence electrons. The van der Waals surface area contributed by atoms with Crippen LogP contribution < -0.4 is 21.3 Å². The predicted octanol–water partition coefficient (Wildman–Crippen LogP) is 5.61. The molecule has 8 nitrogen and oxygen atoms in total. The van der Waals surface area contributed by atoms with Crippen molar-refractivity contribution in [3.63, 3.8) is 0 Å². The largest absolute Gasteiger partial charge is 0.356 e. The second kappa shape index (κ2) is 14.5. The van der Waals surface area contributed by atoms with Gasteiger partial charge in [-0.05, 0) is 86.9 Å². The number of para-hydroxylation sites is 2. The summed E-state index contributed by atoms with van der Waals surface area (Å²) in [5, 5.41) is 12.5. The van der Waals surface area contributed by atoms with E-state index < -0.39 is 0 Å². The van der Waals surface area contributed by atoms with Crippen molar-refractivity contribution in [2.75, 3.05) is 61.5 Å². The van der Waals surface area contributed by atoms with Gasteiger partial charge < -0.3 is 21.3 Å². The van der Waals surface area contributed by atoms with Crippen LogP contribution in [0.25, 0.3) is 0 Å². The minimum atomic E-state index is -0.0862. The highest BCUT2D eigenvalue weighted by Gasteiger charge is 2.11. The fourth-order valence-electron chi connectivity index (χ4n) is 4.04. The van der Waals surface area contributed by atoms with E-state index in [9.17, 15) is 9.59 Å². The van der Waals surface area contributed by atoms with Crippen LogP contribution in [0.4, 0.5) is 34.1 Å². The second-order valence-corrected chi connectivity index (χ2v) is 9.71. The van der Waals surface area contributed by atoms with Gasteiger partial charge in [0.15, 0.2) is 0 Å². The van der Waals surface area contributed by atoms with Gasteiger partial charge in [-0.1, -0.05) is 36.4 Å². The van der Waals surface area contributed by atoms with Crippen molar-refractivity contribution >= 4 is 45.9 Å². The van der Waals surface area contributed by atoms with E-state index in [4.69, 9.17) is 0 Å². The van der Waals surface area contributed by atoms with Crippen LogP contribution in [-0.4, -0.2) is 61.9 Å². The molecule has 8 heteroatoms. The Morgan fingerprint density at radius 1 is 0.475 bits per heavy atom. The van der Waals surface area contributed by atoms with E-state index in [0.29, 0.717) is 13.1 Å². The maximum atomic E-state index is 12.5. The Morgan fingerprint density at radius 3 is 1.12 bits per heavy atom. The highest BCUT2D eigenvalue weighted by Crippen LogP contribution is 2.20. The Bertz CT molecular complexity index is 1240. The summed E-state index contributed by atoms with van der Waals surface area (Å²) in [6, 6.07) is 35.1. The molecule has 0 aromatic heterocycles. The fourth-order valence-corrected chi connectivity index (χ4v) is 4.04. The third-order valence-corrected chi connectivity index (χ3v) is 6.15. The minimum absolute atomic E-state index is 0.0862. The molecular formula is C32H36N6O2. The second-order valence-electron chi connectivity index (χ2n) is 9.71. The molecule has 0 saturated heterocycles. The van der Waals surface area contributed by atoms with E-state index in [1.54, 1.807) is 0 Å². The molecule has 0 aliphatic rings. The highest BCUT2D eigenvalue weighted by molar-refractivity contribution is 5.93. The molecule has 4 N–H and O–H groups in total. The van der Waals surface area contributed by atoms with Gasteiger partial charge in [0.1, 0.15) is 0 Å². The zero-order valence-electron chi connectivity index (χ0n) is 22.9. The number of rotatable bonds is 13. The van der Waals surface area contributed by atoms with Gasteiger partial charge in [-0.3, -0.25) is 19.4 Å². The van der Waals surface area contributed by atoms with Crippen LogP contribution in [0.5, 0.6) is 0 Å². The SMILES string of the molecule is CN(CCN(C)CC(=O)Nc1ccc(Nc2ccccc2)cc1)CC(=O)Nc1ccc(Nc2ccccc2)cc1. The third-order valence-electron chi connectivity index (χ3n) is 6.15. The smallest absolute Gasteiger partial charge is 0.238 e. The number of hydrogen-bond acceptors (Lipinski definition) is 6. The molecule has 0 aliphatic carbocycles. The summed E-state index contributed by atoms with van der Waals surface area (Å²) in [6.07, 6.45) is 0. The molecule has 4 rings (SSSR count). The summed E-state index contributed by atoms with van der Waals surface area (Å²) < 4.78 is 0. The molecule has 0 atom stereocenters. The maximum absolute atomic E-state index is 12.5. The molecule has 0 heterocycles. The first-order valence-electron chi connectivity index (χ1n) is 13.2. The summed E-state index contributed by atoms with van der Waals surface area (Å²) in [5.74, 6) is -0.172. The minimum Gasteiger partial charge on any atom is -0.356 e. The molecule has 0 spiro atoms. The van der Waals surface area contributed by atoms with E-state index in [-0.39, 0.29) is 24.9 Å². The predicted molar refractivity (Wildman–Crippen MR) is 165 cm³/mol. The number of nitrogens with zero attached hydrogens (tertiary/aromatic N) is 2. The number of nitrogens with one attached hydrogen (secondary N) is 4. The van der Waals surface area contributed by atoms with Gasteiger partial charge in [0.2, 0.25) is 11.8 Å². The number of anilines is 6. The van der Waals surface area contributed by atoms with Crippen molar-refractivity contribution in [1.82, 2.24) is 9.80 Å². The normalized spacial score (nSPS) is 10.8. The van der Waals surface area contributed by atoms with Crippen molar-refractivity contribution in [2.24, 2.45) is 0 Å². The molecule has 0 radical (unpaired) electrons. The Labute approximate surface area is 236 Å². The van der Waals surface area contributed by atoms with E-state index in [1.165, 1.54) is 0 Å². The van der Waals surface area contributed by atoms with Crippen LogP contribution in [0.15, 0.2) is 109 Å². The maximum Gasteiger partial charge on any atom is 0.238 e. The average Bonchev–Trinajstić information content (AvgIpc) is 2.95. The molecule has 4 aromatic carbocycles. The van der Waals surface area contributed by atoms with Crippen molar-refractivity contribution in [1.29, 1.82) is 0 Å². The molecular weight excluding hydrogens is 500 g/mol. The number of amides is 2. The summed E-state index contributed by atoms with van der Waals surface area (Å²) >= 11 is 0. The quantitative estimate of drug-likeness (QED) is 0.178. The summed E-state index contributed by atoms with van der Waals surface area (Å²) in [6.45, 7) is 1.81. The van der Waals surface area contributed by atoms with Crippen LogP contribution in [0.1, 0.15) is 0 Å².